The molecule has 0 atom stereocenters. The van der Waals surface area contributed by atoms with E-state index in [1.54, 1.807) is 0 Å². The summed E-state index contributed by atoms with van der Waals surface area (Å²) in [6.45, 7) is 5.71. The van der Waals surface area contributed by atoms with E-state index in [4.69, 9.17) is 0 Å². The number of nitrogens with zero attached hydrogens (tertiary/aromatic N) is 3. The SMILES string of the molecule is CCc1cccc(C)c1NC(=O)CSc1ccc(N2CCC(C(=O)NC3CC3)CC2)nn1. The Morgan fingerprint density at radius 1 is 1.09 bits per heavy atom. The third kappa shape index (κ3) is 5.79. The number of nitrogens with one attached hydrogen (secondary N) is 2. The molecule has 1 saturated carbocycles. The fourth-order valence-electron chi connectivity index (χ4n) is 3.99. The number of benzene rings is 1. The van der Waals surface area contributed by atoms with Crippen LogP contribution in [0.1, 0.15) is 43.7 Å². The summed E-state index contributed by atoms with van der Waals surface area (Å²) in [5.41, 5.74) is 3.12. The average molecular weight is 454 g/mol. The molecule has 2 aliphatic rings. The van der Waals surface area contributed by atoms with Crippen molar-refractivity contribution >= 4 is 35.1 Å². The molecular weight excluding hydrogens is 422 g/mol. The van der Waals surface area contributed by atoms with Gasteiger partial charge in [0.05, 0.1) is 5.75 Å². The van der Waals surface area contributed by atoms with Gasteiger partial charge in [-0.25, -0.2) is 0 Å². The summed E-state index contributed by atoms with van der Waals surface area (Å²) in [4.78, 5) is 26.9. The maximum absolute atomic E-state index is 12.5. The number of carbonyl (C=O) groups is 2. The highest BCUT2D eigenvalue weighted by Gasteiger charge is 2.30. The minimum absolute atomic E-state index is 0.0450. The molecule has 2 fully saturated rings. The lowest BCUT2D eigenvalue weighted by molar-refractivity contribution is -0.125. The zero-order chi connectivity index (χ0) is 22.5. The topological polar surface area (TPSA) is 87.2 Å². The summed E-state index contributed by atoms with van der Waals surface area (Å²) in [5.74, 6) is 1.38. The number of anilines is 2. The van der Waals surface area contributed by atoms with Crippen LogP contribution in [0.15, 0.2) is 35.4 Å². The number of piperidine rings is 1. The largest absolute Gasteiger partial charge is 0.355 e. The van der Waals surface area contributed by atoms with E-state index in [1.165, 1.54) is 11.8 Å². The molecule has 8 heteroatoms. The van der Waals surface area contributed by atoms with Crippen LogP contribution in [0.5, 0.6) is 0 Å². The van der Waals surface area contributed by atoms with E-state index in [0.717, 1.165) is 72.9 Å². The number of aryl methyl sites for hydroxylation is 2. The predicted octanol–water partition coefficient (Wildman–Crippen LogP) is 3.57. The number of amides is 2. The predicted molar refractivity (Wildman–Crippen MR) is 128 cm³/mol. The van der Waals surface area contributed by atoms with E-state index in [2.05, 4.69) is 32.7 Å². The Balaban J connectivity index is 1.24. The van der Waals surface area contributed by atoms with Crippen LogP contribution in [0, 0.1) is 12.8 Å². The zero-order valence-electron chi connectivity index (χ0n) is 18.8. The Hall–Kier alpha value is -2.61. The monoisotopic (exact) mass is 453 g/mol. The number of aromatic nitrogens is 2. The van der Waals surface area contributed by atoms with Crippen molar-refractivity contribution in [3.05, 3.63) is 41.5 Å². The van der Waals surface area contributed by atoms with Crippen molar-refractivity contribution in [2.75, 3.05) is 29.1 Å². The van der Waals surface area contributed by atoms with Gasteiger partial charge in [0.15, 0.2) is 5.82 Å². The smallest absolute Gasteiger partial charge is 0.234 e. The van der Waals surface area contributed by atoms with Gasteiger partial charge in [0.25, 0.3) is 0 Å². The van der Waals surface area contributed by atoms with Gasteiger partial charge in [-0.15, -0.1) is 10.2 Å². The third-order valence-corrected chi connectivity index (χ3v) is 7.02. The molecule has 32 heavy (non-hydrogen) atoms. The maximum atomic E-state index is 12.5. The van der Waals surface area contributed by atoms with Crippen molar-refractivity contribution in [1.29, 1.82) is 0 Å². The van der Waals surface area contributed by atoms with Gasteiger partial charge in [0.1, 0.15) is 5.03 Å². The highest BCUT2D eigenvalue weighted by atomic mass is 32.2. The van der Waals surface area contributed by atoms with Gasteiger partial charge in [-0.2, -0.15) is 0 Å². The minimum Gasteiger partial charge on any atom is -0.355 e. The highest BCUT2D eigenvalue weighted by Crippen LogP contribution is 2.26. The molecule has 1 aromatic heterocycles. The van der Waals surface area contributed by atoms with E-state index >= 15 is 0 Å². The molecule has 2 aromatic rings. The van der Waals surface area contributed by atoms with Crippen LogP contribution in [0.2, 0.25) is 0 Å². The molecule has 2 N–H and O–H groups in total. The summed E-state index contributed by atoms with van der Waals surface area (Å²) in [6.07, 6.45) is 4.81. The van der Waals surface area contributed by atoms with Crippen LogP contribution in [-0.4, -0.2) is 46.9 Å². The van der Waals surface area contributed by atoms with Crippen LogP contribution in [0.3, 0.4) is 0 Å². The summed E-state index contributed by atoms with van der Waals surface area (Å²) in [7, 11) is 0. The zero-order valence-corrected chi connectivity index (χ0v) is 19.6. The Bertz CT molecular complexity index is 953. The summed E-state index contributed by atoms with van der Waals surface area (Å²) in [5, 5.41) is 15.5. The van der Waals surface area contributed by atoms with Gasteiger partial charge in [0.2, 0.25) is 11.8 Å². The van der Waals surface area contributed by atoms with Gasteiger partial charge < -0.3 is 15.5 Å². The van der Waals surface area contributed by atoms with E-state index < -0.39 is 0 Å². The standard InChI is InChI=1S/C24H31N5O2S/c1-3-17-6-4-5-16(2)23(17)26-21(30)15-32-22-10-9-20(27-28-22)29-13-11-18(12-14-29)24(31)25-19-7-8-19/h4-6,9-10,18-19H,3,7-8,11-15H2,1-2H3,(H,25,31)(H,26,30). The highest BCUT2D eigenvalue weighted by molar-refractivity contribution is 7.99. The first-order chi connectivity index (χ1) is 15.5. The molecule has 2 heterocycles. The van der Waals surface area contributed by atoms with Crippen LogP contribution in [0.4, 0.5) is 11.5 Å². The van der Waals surface area contributed by atoms with E-state index in [-0.39, 0.29) is 23.5 Å². The van der Waals surface area contributed by atoms with E-state index in [0.29, 0.717) is 6.04 Å². The van der Waals surface area contributed by atoms with Gasteiger partial charge in [-0.3, -0.25) is 9.59 Å². The lowest BCUT2D eigenvalue weighted by Crippen LogP contribution is -2.41. The van der Waals surface area contributed by atoms with Crippen molar-refractivity contribution in [3.63, 3.8) is 0 Å². The molecule has 7 nitrogen and oxygen atoms in total. The molecule has 0 unspecified atom stereocenters. The molecule has 1 aliphatic carbocycles. The summed E-state index contributed by atoms with van der Waals surface area (Å²) >= 11 is 1.38. The third-order valence-electron chi connectivity index (χ3n) is 6.10. The summed E-state index contributed by atoms with van der Waals surface area (Å²) < 4.78 is 0. The molecular formula is C24H31N5O2S. The van der Waals surface area contributed by atoms with Crippen molar-refractivity contribution in [2.45, 2.75) is 57.0 Å². The second-order valence-electron chi connectivity index (χ2n) is 8.57. The molecule has 1 saturated heterocycles. The second kappa shape index (κ2) is 10.3. The Kier molecular flexibility index (Phi) is 7.29. The van der Waals surface area contributed by atoms with Gasteiger partial charge in [-0.05, 0) is 62.3 Å². The van der Waals surface area contributed by atoms with E-state index in [1.807, 2.05) is 37.3 Å². The molecule has 1 aliphatic heterocycles. The Morgan fingerprint density at radius 2 is 1.88 bits per heavy atom. The number of thioether (sulfide) groups is 1. The number of para-hydroxylation sites is 1. The fraction of sp³-hybridized carbons (Fsp3) is 0.500. The van der Waals surface area contributed by atoms with Gasteiger partial charge >= 0.3 is 0 Å². The van der Waals surface area contributed by atoms with Crippen molar-refractivity contribution in [3.8, 4) is 0 Å². The molecule has 1 aromatic carbocycles. The van der Waals surface area contributed by atoms with Crippen molar-refractivity contribution in [2.24, 2.45) is 5.92 Å². The van der Waals surface area contributed by atoms with E-state index in [9.17, 15) is 9.59 Å². The minimum atomic E-state index is -0.0450. The summed E-state index contributed by atoms with van der Waals surface area (Å²) in [6, 6.07) is 10.4. The van der Waals surface area contributed by atoms with Crippen LogP contribution < -0.4 is 15.5 Å². The molecule has 170 valence electrons. The first-order valence-corrected chi connectivity index (χ1v) is 12.4. The van der Waals surface area contributed by atoms with Crippen molar-refractivity contribution in [1.82, 2.24) is 15.5 Å². The Morgan fingerprint density at radius 3 is 2.53 bits per heavy atom. The first kappa shape index (κ1) is 22.6. The number of hydrogen-bond acceptors (Lipinski definition) is 6. The second-order valence-corrected chi connectivity index (χ2v) is 9.57. The Labute approximate surface area is 193 Å². The lowest BCUT2D eigenvalue weighted by atomic mass is 9.96. The van der Waals surface area contributed by atoms with Crippen molar-refractivity contribution < 1.29 is 9.59 Å². The molecule has 0 bridgehead atoms. The average Bonchev–Trinajstić information content (AvgIpc) is 3.63. The lowest BCUT2D eigenvalue weighted by Gasteiger charge is -2.31. The number of hydrogen-bond donors (Lipinski definition) is 2. The molecule has 0 spiro atoms. The van der Waals surface area contributed by atoms with Gasteiger partial charge in [0, 0.05) is 30.7 Å². The number of carbonyl (C=O) groups excluding carboxylic acids is 2. The van der Waals surface area contributed by atoms with Gasteiger partial charge in [-0.1, -0.05) is 36.9 Å². The normalized spacial score (nSPS) is 16.6. The van der Waals surface area contributed by atoms with Crippen LogP contribution >= 0.6 is 11.8 Å². The molecule has 0 radical (unpaired) electrons. The fourth-order valence-corrected chi connectivity index (χ4v) is 4.61. The quantitative estimate of drug-likeness (QED) is 0.594. The maximum Gasteiger partial charge on any atom is 0.234 e. The molecule has 4 rings (SSSR count). The molecule has 2 amide bonds. The number of rotatable bonds is 8. The first-order valence-electron chi connectivity index (χ1n) is 11.4. The van der Waals surface area contributed by atoms with Crippen LogP contribution in [-0.2, 0) is 16.0 Å². The van der Waals surface area contributed by atoms with Crippen LogP contribution in [0.25, 0.3) is 0 Å².